The normalized spacial score (nSPS) is 11.1. The molecule has 0 aliphatic rings. The highest BCUT2D eigenvalue weighted by Crippen LogP contribution is 2.26. The molecule has 6 nitrogen and oxygen atoms in total. The topological polar surface area (TPSA) is 89.3 Å². The van der Waals surface area contributed by atoms with Crippen LogP contribution >= 0.6 is 0 Å². The number of benzene rings is 2. The predicted molar refractivity (Wildman–Crippen MR) is 70.3 cm³/mol. The highest BCUT2D eigenvalue weighted by atomic mass is 32.2. The molecule has 0 fully saturated rings. The lowest BCUT2D eigenvalue weighted by atomic mass is 10.2. The van der Waals surface area contributed by atoms with E-state index in [4.69, 9.17) is 0 Å². The Kier molecular flexibility index (Phi) is 3.85. The van der Waals surface area contributed by atoms with E-state index in [1.54, 1.807) is 6.07 Å². The van der Waals surface area contributed by atoms with Crippen LogP contribution in [0, 0.1) is 21.7 Å². The van der Waals surface area contributed by atoms with Gasteiger partial charge in [0.2, 0.25) is 5.82 Å². The first-order valence-corrected chi connectivity index (χ1v) is 7.01. The van der Waals surface area contributed by atoms with Crippen molar-refractivity contribution in [2.24, 2.45) is 0 Å². The maximum atomic E-state index is 13.6. The first-order valence-electron chi connectivity index (χ1n) is 5.52. The molecule has 0 aliphatic heterocycles. The molecule has 0 aromatic heterocycles. The van der Waals surface area contributed by atoms with Crippen molar-refractivity contribution in [3.63, 3.8) is 0 Å². The van der Waals surface area contributed by atoms with Crippen molar-refractivity contribution in [1.82, 2.24) is 0 Å². The van der Waals surface area contributed by atoms with Crippen LogP contribution < -0.4 is 4.72 Å². The summed E-state index contributed by atoms with van der Waals surface area (Å²) >= 11 is 0. The predicted octanol–water partition coefficient (Wildman–Crippen LogP) is 2.67. The van der Waals surface area contributed by atoms with Crippen molar-refractivity contribution < 1.29 is 22.1 Å². The second-order valence-corrected chi connectivity index (χ2v) is 5.64. The van der Waals surface area contributed by atoms with Crippen LogP contribution in [0.5, 0.6) is 0 Å². The Morgan fingerprint density at radius 3 is 2.24 bits per heavy atom. The number of nitro groups is 1. The first-order chi connectivity index (χ1) is 9.81. The van der Waals surface area contributed by atoms with E-state index in [-0.39, 0.29) is 11.0 Å². The van der Waals surface area contributed by atoms with Crippen LogP contribution in [0.25, 0.3) is 0 Å². The fourth-order valence-electron chi connectivity index (χ4n) is 1.56. The van der Waals surface area contributed by atoms with E-state index in [0.29, 0.717) is 6.07 Å². The van der Waals surface area contributed by atoms with E-state index in [1.807, 2.05) is 4.72 Å². The molecule has 2 aromatic rings. The van der Waals surface area contributed by atoms with E-state index in [0.717, 1.165) is 0 Å². The minimum Gasteiger partial charge on any atom is -0.276 e. The van der Waals surface area contributed by atoms with Crippen molar-refractivity contribution in [3.8, 4) is 0 Å². The number of nitrogens with one attached hydrogen (secondary N) is 1. The monoisotopic (exact) mass is 314 g/mol. The fraction of sp³-hybridized carbons (Fsp3) is 0. The largest absolute Gasteiger partial charge is 0.307 e. The first kappa shape index (κ1) is 14.9. The van der Waals surface area contributed by atoms with Crippen LogP contribution in [0.1, 0.15) is 0 Å². The summed E-state index contributed by atoms with van der Waals surface area (Å²) in [6, 6.07) is 7.76. The summed E-state index contributed by atoms with van der Waals surface area (Å²) in [5.41, 5.74) is -1.73. The second kappa shape index (κ2) is 5.44. The Labute approximate surface area is 118 Å². The van der Waals surface area contributed by atoms with Gasteiger partial charge < -0.3 is 0 Å². The van der Waals surface area contributed by atoms with Crippen LogP contribution in [0.2, 0.25) is 0 Å². The lowest BCUT2D eigenvalue weighted by molar-refractivity contribution is -0.387. The molecule has 9 heteroatoms. The van der Waals surface area contributed by atoms with Crippen molar-refractivity contribution in [2.45, 2.75) is 4.90 Å². The minimum absolute atomic E-state index is 0.156. The Morgan fingerprint density at radius 1 is 1.05 bits per heavy atom. The number of sulfonamides is 1. The molecule has 0 spiro atoms. The fourth-order valence-corrected chi connectivity index (χ4v) is 2.64. The van der Waals surface area contributed by atoms with Gasteiger partial charge in [-0.2, -0.15) is 4.39 Å². The molecule has 0 atom stereocenters. The van der Waals surface area contributed by atoms with Crippen LogP contribution in [-0.4, -0.2) is 13.3 Å². The third-order valence-electron chi connectivity index (χ3n) is 2.53. The molecule has 0 heterocycles. The van der Waals surface area contributed by atoms with Gasteiger partial charge in [0.25, 0.3) is 10.0 Å². The third-order valence-corrected chi connectivity index (χ3v) is 3.91. The van der Waals surface area contributed by atoms with Gasteiger partial charge in [-0.3, -0.25) is 14.8 Å². The van der Waals surface area contributed by atoms with Crippen molar-refractivity contribution >= 4 is 21.4 Å². The van der Waals surface area contributed by atoms with Crippen LogP contribution in [0.15, 0.2) is 47.4 Å². The maximum Gasteiger partial charge on any atom is 0.307 e. The SMILES string of the molecule is O=[N+]([O-])c1cc(NS(=O)(=O)c2ccccc2)c(F)cc1F. The van der Waals surface area contributed by atoms with Crippen molar-refractivity contribution in [3.05, 3.63) is 64.2 Å². The molecule has 0 amide bonds. The summed E-state index contributed by atoms with van der Waals surface area (Å²) in [7, 11) is -4.13. The van der Waals surface area contributed by atoms with Gasteiger partial charge in [-0.25, -0.2) is 12.8 Å². The van der Waals surface area contributed by atoms with E-state index < -0.39 is 38.0 Å². The summed E-state index contributed by atoms with van der Waals surface area (Å²) in [6.07, 6.45) is 0. The zero-order valence-electron chi connectivity index (χ0n) is 10.3. The zero-order valence-corrected chi connectivity index (χ0v) is 11.1. The van der Waals surface area contributed by atoms with Crippen molar-refractivity contribution in [2.75, 3.05) is 4.72 Å². The summed E-state index contributed by atoms with van der Waals surface area (Å²) in [6.45, 7) is 0. The Balaban J connectivity index is 2.45. The van der Waals surface area contributed by atoms with Crippen molar-refractivity contribution in [1.29, 1.82) is 0 Å². The number of hydrogen-bond acceptors (Lipinski definition) is 4. The number of anilines is 1. The number of rotatable bonds is 4. The summed E-state index contributed by atoms with van der Waals surface area (Å²) < 4.78 is 52.5. The Hall–Kier alpha value is -2.55. The highest BCUT2D eigenvalue weighted by molar-refractivity contribution is 7.92. The van der Waals surface area contributed by atoms with Gasteiger partial charge >= 0.3 is 5.69 Å². The maximum absolute atomic E-state index is 13.6. The molecule has 0 saturated carbocycles. The molecule has 0 aliphatic carbocycles. The molecule has 0 bridgehead atoms. The molecule has 0 radical (unpaired) electrons. The number of hydrogen-bond donors (Lipinski definition) is 1. The van der Waals surface area contributed by atoms with E-state index in [1.165, 1.54) is 24.3 Å². The van der Waals surface area contributed by atoms with Crippen LogP contribution in [-0.2, 0) is 10.0 Å². The molecule has 110 valence electrons. The lowest BCUT2D eigenvalue weighted by Gasteiger charge is -2.09. The standard InChI is InChI=1S/C12H8F2N2O4S/c13-9-6-10(14)12(16(17)18)7-11(9)15-21(19,20)8-4-2-1-3-5-8/h1-7,15H. The van der Waals surface area contributed by atoms with E-state index in [2.05, 4.69) is 0 Å². The Morgan fingerprint density at radius 2 is 1.67 bits per heavy atom. The molecule has 2 rings (SSSR count). The van der Waals surface area contributed by atoms with Crippen LogP contribution in [0.3, 0.4) is 0 Å². The summed E-state index contributed by atoms with van der Waals surface area (Å²) in [4.78, 5) is 9.36. The summed E-state index contributed by atoms with van der Waals surface area (Å²) in [5, 5.41) is 10.6. The van der Waals surface area contributed by atoms with Gasteiger partial charge in [0.05, 0.1) is 15.5 Å². The molecular formula is C12H8F2N2O4S. The molecule has 2 aromatic carbocycles. The van der Waals surface area contributed by atoms with Gasteiger partial charge in [0.1, 0.15) is 0 Å². The van der Waals surface area contributed by atoms with E-state index >= 15 is 0 Å². The number of nitrogens with zero attached hydrogens (tertiary/aromatic N) is 1. The second-order valence-electron chi connectivity index (χ2n) is 3.96. The molecule has 1 N–H and O–H groups in total. The van der Waals surface area contributed by atoms with Gasteiger partial charge in [0.15, 0.2) is 5.82 Å². The average molecular weight is 314 g/mol. The zero-order chi connectivity index (χ0) is 15.6. The molecule has 21 heavy (non-hydrogen) atoms. The van der Waals surface area contributed by atoms with Gasteiger partial charge in [0, 0.05) is 12.1 Å². The smallest absolute Gasteiger partial charge is 0.276 e. The van der Waals surface area contributed by atoms with Gasteiger partial charge in [-0.05, 0) is 12.1 Å². The van der Waals surface area contributed by atoms with Gasteiger partial charge in [-0.1, -0.05) is 18.2 Å². The Bertz CT molecular complexity index is 794. The quantitative estimate of drug-likeness (QED) is 0.694. The summed E-state index contributed by atoms with van der Waals surface area (Å²) in [5.74, 6) is -2.64. The van der Waals surface area contributed by atoms with Crippen LogP contribution in [0.4, 0.5) is 20.2 Å². The third kappa shape index (κ3) is 3.14. The molecular weight excluding hydrogens is 306 g/mol. The van der Waals surface area contributed by atoms with Gasteiger partial charge in [-0.15, -0.1) is 0 Å². The van der Waals surface area contributed by atoms with E-state index in [9.17, 15) is 27.3 Å². The minimum atomic E-state index is -4.13. The lowest BCUT2D eigenvalue weighted by Crippen LogP contribution is -2.14. The molecule has 0 saturated heterocycles. The molecule has 0 unspecified atom stereocenters. The number of halogens is 2. The number of nitro benzene ring substituents is 1. The highest BCUT2D eigenvalue weighted by Gasteiger charge is 2.22. The average Bonchev–Trinajstić information content (AvgIpc) is 2.42.